The molecule has 0 saturated heterocycles. The molecule has 0 bridgehead atoms. The Bertz CT molecular complexity index is 305. The lowest BCUT2D eigenvalue weighted by Crippen LogP contribution is -2.29. The highest BCUT2D eigenvalue weighted by Gasteiger charge is 2.17. The predicted molar refractivity (Wildman–Crippen MR) is 59.5 cm³/mol. The van der Waals surface area contributed by atoms with Crippen molar-refractivity contribution in [2.45, 2.75) is 18.9 Å². The molecule has 1 aromatic rings. The van der Waals surface area contributed by atoms with Crippen LogP contribution in [0.15, 0.2) is 29.3 Å². The Labute approximate surface area is 88.6 Å². The molecule has 2 heterocycles. The van der Waals surface area contributed by atoms with Crippen molar-refractivity contribution in [1.29, 1.82) is 0 Å². The van der Waals surface area contributed by atoms with Gasteiger partial charge in [0.15, 0.2) is 0 Å². The Balaban J connectivity index is 1.99. The summed E-state index contributed by atoms with van der Waals surface area (Å²) >= 11 is 1.80. The molecule has 14 heavy (non-hydrogen) atoms. The summed E-state index contributed by atoms with van der Waals surface area (Å²) in [5, 5.41) is 5.41. The smallest absolute Gasteiger partial charge is 0.109 e. The van der Waals surface area contributed by atoms with Crippen LogP contribution in [0.3, 0.4) is 0 Å². The van der Waals surface area contributed by atoms with E-state index in [1.165, 1.54) is 4.88 Å². The van der Waals surface area contributed by atoms with E-state index in [9.17, 15) is 0 Å². The van der Waals surface area contributed by atoms with E-state index in [0.29, 0.717) is 6.04 Å². The number of rotatable bonds is 4. The van der Waals surface area contributed by atoms with Crippen LogP contribution in [0.5, 0.6) is 0 Å². The summed E-state index contributed by atoms with van der Waals surface area (Å²) in [6, 6.07) is 4.61. The zero-order valence-corrected chi connectivity index (χ0v) is 9.14. The van der Waals surface area contributed by atoms with E-state index in [0.717, 1.165) is 25.2 Å². The Kier molecular flexibility index (Phi) is 3.22. The van der Waals surface area contributed by atoms with Crippen LogP contribution in [0.1, 0.15) is 11.3 Å². The summed E-state index contributed by atoms with van der Waals surface area (Å²) in [5.41, 5.74) is 0. The van der Waals surface area contributed by atoms with Crippen LogP contribution in [0, 0.1) is 0 Å². The lowest BCUT2D eigenvalue weighted by molar-refractivity contribution is 0.217. The fourth-order valence-corrected chi connectivity index (χ4v) is 2.41. The molecule has 2 nitrogen and oxygen atoms in total. The molecular formula is C11H15NOS. The highest BCUT2D eigenvalue weighted by atomic mass is 32.1. The normalized spacial score (nSPS) is 17.6. The third-order valence-corrected chi connectivity index (χ3v) is 3.31. The fourth-order valence-electron chi connectivity index (χ4n) is 1.65. The lowest BCUT2D eigenvalue weighted by atomic mass is 10.1. The second kappa shape index (κ2) is 4.62. The zero-order chi connectivity index (χ0) is 9.80. The highest BCUT2D eigenvalue weighted by molar-refractivity contribution is 7.09. The van der Waals surface area contributed by atoms with Crippen LogP contribution in [-0.2, 0) is 11.2 Å². The van der Waals surface area contributed by atoms with Crippen molar-refractivity contribution < 1.29 is 4.74 Å². The topological polar surface area (TPSA) is 21.3 Å². The van der Waals surface area contributed by atoms with Crippen LogP contribution >= 0.6 is 11.3 Å². The summed E-state index contributed by atoms with van der Waals surface area (Å²) in [4.78, 5) is 1.40. The van der Waals surface area contributed by atoms with Gasteiger partial charge in [-0.05, 0) is 24.6 Å². The van der Waals surface area contributed by atoms with Crippen LogP contribution in [-0.4, -0.2) is 19.7 Å². The number of hydrogen-bond acceptors (Lipinski definition) is 3. The number of likely N-dealkylation sites (N-methyl/N-ethyl adjacent to an activating group) is 1. The number of ether oxygens (including phenoxy) is 1. The molecule has 1 N–H and O–H groups in total. The minimum atomic E-state index is 0.344. The first-order chi connectivity index (χ1) is 6.90. The van der Waals surface area contributed by atoms with Crippen molar-refractivity contribution in [3.05, 3.63) is 34.2 Å². The molecule has 0 amide bonds. The first-order valence-corrected chi connectivity index (χ1v) is 5.80. The van der Waals surface area contributed by atoms with E-state index in [-0.39, 0.29) is 0 Å². The van der Waals surface area contributed by atoms with E-state index >= 15 is 0 Å². The van der Waals surface area contributed by atoms with Crippen molar-refractivity contribution in [1.82, 2.24) is 5.32 Å². The molecule has 1 atom stereocenters. The average molecular weight is 209 g/mol. The molecule has 3 heteroatoms. The number of hydrogen-bond donors (Lipinski definition) is 1. The molecule has 1 aliphatic rings. The largest absolute Gasteiger partial charge is 0.496 e. The van der Waals surface area contributed by atoms with Gasteiger partial charge in [-0.2, -0.15) is 0 Å². The van der Waals surface area contributed by atoms with E-state index in [2.05, 4.69) is 28.9 Å². The van der Waals surface area contributed by atoms with Gasteiger partial charge in [-0.3, -0.25) is 0 Å². The van der Waals surface area contributed by atoms with E-state index in [1.54, 1.807) is 11.3 Å². The predicted octanol–water partition coefficient (Wildman–Crippen LogP) is 2.18. The van der Waals surface area contributed by atoms with Gasteiger partial charge in [-0.25, -0.2) is 0 Å². The van der Waals surface area contributed by atoms with Gasteiger partial charge < -0.3 is 10.1 Å². The van der Waals surface area contributed by atoms with Gasteiger partial charge in [-0.1, -0.05) is 6.07 Å². The molecule has 1 aromatic heterocycles. The third kappa shape index (κ3) is 2.16. The average Bonchev–Trinajstić information content (AvgIpc) is 2.86. The highest BCUT2D eigenvalue weighted by Crippen LogP contribution is 2.19. The van der Waals surface area contributed by atoms with Gasteiger partial charge in [0.1, 0.15) is 5.76 Å². The summed E-state index contributed by atoms with van der Waals surface area (Å²) in [6.45, 7) is 0.845. The van der Waals surface area contributed by atoms with Gasteiger partial charge in [0, 0.05) is 17.7 Å². The maximum atomic E-state index is 5.56. The Morgan fingerprint density at radius 3 is 3.14 bits per heavy atom. The quantitative estimate of drug-likeness (QED) is 0.820. The minimum Gasteiger partial charge on any atom is -0.496 e. The molecule has 76 valence electrons. The maximum absolute atomic E-state index is 5.56. The molecule has 2 rings (SSSR count). The van der Waals surface area contributed by atoms with Gasteiger partial charge >= 0.3 is 0 Å². The molecule has 0 saturated carbocycles. The van der Waals surface area contributed by atoms with Gasteiger partial charge in [0.05, 0.1) is 12.6 Å². The van der Waals surface area contributed by atoms with Crippen LogP contribution in [0.4, 0.5) is 0 Å². The van der Waals surface area contributed by atoms with E-state index in [4.69, 9.17) is 4.74 Å². The number of thiophene rings is 1. The lowest BCUT2D eigenvalue weighted by Gasteiger charge is -2.16. The summed E-state index contributed by atoms with van der Waals surface area (Å²) in [6.07, 6.45) is 4.27. The molecule has 0 aromatic carbocycles. The molecule has 1 aliphatic heterocycles. The molecular weight excluding hydrogens is 194 g/mol. The van der Waals surface area contributed by atoms with Crippen molar-refractivity contribution in [3.63, 3.8) is 0 Å². The van der Waals surface area contributed by atoms with E-state index < -0.39 is 0 Å². The Morgan fingerprint density at radius 2 is 2.57 bits per heavy atom. The summed E-state index contributed by atoms with van der Waals surface area (Å²) in [7, 11) is 1.99. The summed E-state index contributed by atoms with van der Waals surface area (Å²) < 4.78 is 5.56. The maximum Gasteiger partial charge on any atom is 0.109 e. The number of nitrogens with one attached hydrogen (secondary N) is 1. The van der Waals surface area contributed by atoms with Gasteiger partial charge in [0.25, 0.3) is 0 Å². The molecule has 0 fully saturated rings. The first kappa shape index (κ1) is 9.74. The molecule has 0 radical (unpaired) electrons. The first-order valence-electron chi connectivity index (χ1n) is 4.92. The molecule has 1 unspecified atom stereocenters. The zero-order valence-electron chi connectivity index (χ0n) is 8.32. The van der Waals surface area contributed by atoms with Gasteiger partial charge in [0.2, 0.25) is 0 Å². The molecule has 0 aliphatic carbocycles. The standard InChI is InChI=1S/C11H15NOS/c1-12-10(11-5-2-6-13-11)8-9-4-3-7-14-9/h3-5,7,10,12H,2,6,8H2,1H3. The van der Waals surface area contributed by atoms with E-state index in [1.807, 2.05) is 7.05 Å². The summed E-state index contributed by atoms with van der Waals surface area (Å²) in [5.74, 6) is 1.11. The monoisotopic (exact) mass is 209 g/mol. The van der Waals surface area contributed by atoms with Crippen LogP contribution in [0.2, 0.25) is 0 Å². The van der Waals surface area contributed by atoms with Crippen molar-refractivity contribution in [2.75, 3.05) is 13.7 Å². The van der Waals surface area contributed by atoms with Crippen molar-refractivity contribution >= 4 is 11.3 Å². The fraction of sp³-hybridized carbons (Fsp3) is 0.455. The van der Waals surface area contributed by atoms with Crippen molar-refractivity contribution in [2.24, 2.45) is 0 Å². The Morgan fingerprint density at radius 1 is 1.64 bits per heavy atom. The van der Waals surface area contributed by atoms with Crippen molar-refractivity contribution in [3.8, 4) is 0 Å². The Hall–Kier alpha value is -0.800. The second-order valence-electron chi connectivity index (χ2n) is 3.37. The second-order valence-corrected chi connectivity index (χ2v) is 4.40. The minimum absolute atomic E-state index is 0.344. The molecule has 0 spiro atoms. The third-order valence-electron chi connectivity index (χ3n) is 2.41. The van der Waals surface area contributed by atoms with Gasteiger partial charge in [-0.15, -0.1) is 11.3 Å². The van der Waals surface area contributed by atoms with Crippen LogP contribution < -0.4 is 5.32 Å². The van der Waals surface area contributed by atoms with Crippen LogP contribution in [0.25, 0.3) is 0 Å². The SMILES string of the molecule is CNC(Cc1cccs1)C1=CCCO1.